The van der Waals surface area contributed by atoms with Gasteiger partial charge in [0.25, 0.3) is 0 Å². The highest BCUT2D eigenvalue weighted by molar-refractivity contribution is 6.30. The normalized spacial score (nSPS) is 16.4. The molecule has 0 radical (unpaired) electrons. The number of likely N-dealkylation sites (tertiary alicyclic amines) is 1. The maximum absolute atomic E-state index is 14.7. The monoisotopic (exact) mass is 548 g/mol. The first-order valence-corrected chi connectivity index (χ1v) is 12.6. The van der Waals surface area contributed by atoms with Gasteiger partial charge in [-0.1, -0.05) is 41.9 Å². The summed E-state index contributed by atoms with van der Waals surface area (Å²) >= 11 is 6.07. The van der Waals surface area contributed by atoms with Gasteiger partial charge in [0.2, 0.25) is 0 Å². The van der Waals surface area contributed by atoms with Gasteiger partial charge in [-0.15, -0.1) is 0 Å². The minimum atomic E-state index is -4.79. The number of carbonyl (C=O) groups is 1. The van der Waals surface area contributed by atoms with Gasteiger partial charge in [-0.2, -0.15) is 13.2 Å². The van der Waals surface area contributed by atoms with Gasteiger partial charge in [0.1, 0.15) is 11.4 Å². The Morgan fingerprint density at radius 2 is 1.71 bits per heavy atom. The molecule has 0 saturated carbocycles. The van der Waals surface area contributed by atoms with Crippen LogP contribution in [0.25, 0.3) is 0 Å². The number of amides is 2. The minimum Gasteiger partial charge on any atom is -0.325 e. The fourth-order valence-corrected chi connectivity index (χ4v) is 5.01. The van der Waals surface area contributed by atoms with E-state index in [1.54, 1.807) is 41.3 Å². The summed E-state index contributed by atoms with van der Waals surface area (Å²) in [6.07, 6.45) is -1.90. The molecule has 0 spiro atoms. The van der Waals surface area contributed by atoms with Gasteiger partial charge in [0.05, 0.1) is 16.3 Å². The zero-order chi connectivity index (χ0) is 27.5. The molecular weight excluding hydrogens is 520 g/mol. The number of nitrogens with one attached hydrogen (secondary N) is 1. The van der Waals surface area contributed by atoms with Crippen molar-refractivity contribution < 1.29 is 22.4 Å². The summed E-state index contributed by atoms with van der Waals surface area (Å²) in [7, 11) is 3.97. The molecule has 1 aromatic heterocycles. The van der Waals surface area contributed by atoms with Crippen molar-refractivity contribution in [2.75, 3.05) is 27.2 Å². The van der Waals surface area contributed by atoms with Crippen molar-refractivity contribution in [2.45, 2.75) is 37.0 Å². The topological polar surface area (TPSA) is 48.5 Å². The van der Waals surface area contributed by atoms with Gasteiger partial charge in [-0.25, -0.2) is 9.18 Å². The molecule has 1 fully saturated rings. The van der Waals surface area contributed by atoms with Gasteiger partial charge >= 0.3 is 12.2 Å². The molecule has 1 aliphatic rings. The number of nitrogens with zero attached hydrogens (tertiary/aromatic N) is 3. The average molecular weight is 549 g/mol. The summed E-state index contributed by atoms with van der Waals surface area (Å²) in [6.45, 7) is 0.947. The third kappa shape index (κ3) is 6.27. The molecule has 0 bridgehead atoms. The molecule has 38 heavy (non-hydrogen) atoms. The van der Waals surface area contributed by atoms with Gasteiger partial charge < -0.3 is 15.1 Å². The lowest BCUT2D eigenvalue weighted by Gasteiger charge is -2.40. The molecule has 1 aliphatic heterocycles. The van der Waals surface area contributed by atoms with Crippen molar-refractivity contribution >= 4 is 17.6 Å². The molecule has 3 aromatic rings. The first-order valence-electron chi connectivity index (χ1n) is 12.3. The molecule has 2 heterocycles. The second-order valence-electron chi connectivity index (χ2n) is 9.77. The van der Waals surface area contributed by atoms with E-state index in [0.29, 0.717) is 35.8 Å². The number of piperidine rings is 1. The quantitative estimate of drug-likeness (QED) is 0.378. The van der Waals surface area contributed by atoms with Gasteiger partial charge in [0.15, 0.2) is 0 Å². The Morgan fingerprint density at radius 3 is 2.29 bits per heavy atom. The lowest BCUT2D eigenvalue weighted by molar-refractivity contribution is -0.137. The van der Waals surface area contributed by atoms with Crippen molar-refractivity contribution in [3.8, 4) is 0 Å². The van der Waals surface area contributed by atoms with E-state index < -0.39 is 29.1 Å². The molecule has 0 aliphatic carbocycles. The van der Waals surface area contributed by atoms with Gasteiger partial charge in [-0.3, -0.25) is 4.98 Å². The highest BCUT2D eigenvalue weighted by Crippen LogP contribution is 2.38. The molecule has 2 amide bonds. The third-order valence-corrected chi connectivity index (χ3v) is 7.22. The number of rotatable bonds is 6. The van der Waals surface area contributed by atoms with Crippen LogP contribution >= 0.6 is 11.6 Å². The Morgan fingerprint density at radius 1 is 1.05 bits per heavy atom. The van der Waals surface area contributed by atoms with Crippen LogP contribution in [0.15, 0.2) is 66.9 Å². The summed E-state index contributed by atoms with van der Waals surface area (Å²) in [4.78, 5) is 21.8. The highest BCUT2D eigenvalue weighted by Gasteiger charge is 2.42. The van der Waals surface area contributed by atoms with E-state index in [1.807, 2.05) is 20.2 Å². The number of benzene rings is 2. The fraction of sp³-hybridized carbons (Fsp3) is 0.357. The van der Waals surface area contributed by atoms with E-state index in [-0.39, 0.29) is 17.7 Å². The predicted octanol–water partition coefficient (Wildman–Crippen LogP) is 6.11. The van der Waals surface area contributed by atoms with Crippen LogP contribution in [0.4, 0.5) is 22.4 Å². The zero-order valence-electron chi connectivity index (χ0n) is 21.1. The Hall–Kier alpha value is -3.17. The molecule has 1 unspecified atom stereocenters. The number of urea groups is 1. The molecule has 4 rings (SSSR count). The number of carbonyl (C=O) groups excluding carboxylic acids is 1. The number of hydrogen-bond acceptors (Lipinski definition) is 3. The first-order chi connectivity index (χ1) is 18.0. The van der Waals surface area contributed by atoms with Crippen molar-refractivity contribution in [1.29, 1.82) is 0 Å². The number of pyridine rings is 1. The molecule has 2 aromatic carbocycles. The summed E-state index contributed by atoms with van der Waals surface area (Å²) in [5, 5.41) is 3.30. The van der Waals surface area contributed by atoms with Crippen LogP contribution in [0.5, 0.6) is 0 Å². The Labute approximate surface area is 224 Å². The van der Waals surface area contributed by atoms with E-state index in [9.17, 15) is 22.4 Å². The Kier molecular flexibility index (Phi) is 8.28. The largest absolute Gasteiger partial charge is 0.416 e. The van der Waals surface area contributed by atoms with Crippen LogP contribution in [-0.2, 0) is 18.1 Å². The van der Waals surface area contributed by atoms with E-state index in [1.165, 1.54) is 6.20 Å². The first kappa shape index (κ1) is 27.9. The molecule has 5 nitrogen and oxygen atoms in total. The number of halogens is 5. The standard InChI is InChI=1S/C28H29ClF4N4O/c1-36(2)24-10-12-37(13-11-24)26(38)35-27(17-19-6-4-3-5-7-19,25-9-8-22(29)18-34-25)20-14-21(28(31,32)33)16-23(30)15-20/h3-9,14-16,18,24H,10-13,17H2,1-2H3,(H,35,38). The SMILES string of the molecule is CN(C)C1CCN(C(=O)NC(Cc2ccccc2)(c2cc(F)cc(C(F)(F)F)c2)c2ccc(Cl)cn2)CC1. The molecule has 202 valence electrons. The second-order valence-corrected chi connectivity index (χ2v) is 10.2. The zero-order valence-corrected chi connectivity index (χ0v) is 21.9. The number of alkyl halides is 3. The fourth-order valence-electron chi connectivity index (χ4n) is 4.90. The van der Waals surface area contributed by atoms with E-state index in [2.05, 4.69) is 15.2 Å². The smallest absolute Gasteiger partial charge is 0.325 e. The van der Waals surface area contributed by atoms with E-state index in [4.69, 9.17) is 11.6 Å². The predicted molar refractivity (Wildman–Crippen MR) is 138 cm³/mol. The van der Waals surface area contributed by atoms with Crippen LogP contribution in [0.1, 0.15) is 35.2 Å². The maximum Gasteiger partial charge on any atom is 0.416 e. The molecule has 1 N–H and O–H groups in total. The van der Waals surface area contributed by atoms with Crippen molar-refractivity contribution in [2.24, 2.45) is 0 Å². The summed E-state index contributed by atoms with van der Waals surface area (Å²) in [5.74, 6) is -1.07. The summed E-state index contributed by atoms with van der Waals surface area (Å²) in [5.41, 5.74) is -1.89. The van der Waals surface area contributed by atoms with Crippen LogP contribution < -0.4 is 5.32 Å². The van der Waals surface area contributed by atoms with Crippen molar-refractivity contribution in [3.63, 3.8) is 0 Å². The summed E-state index contributed by atoms with van der Waals surface area (Å²) in [6, 6.07) is 14.3. The highest BCUT2D eigenvalue weighted by atomic mass is 35.5. The van der Waals surface area contributed by atoms with E-state index in [0.717, 1.165) is 25.0 Å². The number of hydrogen-bond donors (Lipinski definition) is 1. The molecule has 1 atom stereocenters. The van der Waals surface area contributed by atoms with Crippen LogP contribution in [0.2, 0.25) is 5.02 Å². The average Bonchev–Trinajstić information content (AvgIpc) is 2.88. The third-order valence-electron chi connectivity index (χ3n) is 7.00. The van der Waals surface area contributed by atoms with Crippen LogP contribution in [-0.4, -0.2) is 54.0 Å². The maximum atomic E-state index is 14.7. The van der Waals surface area contributed by atoms with Crippen molar-refractivity contribution in [3.05, 3.63) is 100 Å². The van der Waals surface area contributed by atoms with Crippen LogP contribution in [0, 0.1) is 5.82 Å². The Bertz CT molecular complexity index is 1250. The molecular formula is C28H29ClF4N4O. The van der Waals surface area contributed by atoms with Crippen molar-refractivity contribution in [1.82, 2.24) is 20.1 Å². The molecule has 1 saturated heterocycles. The van der Waals surface area contributed by atoms with E-state index >= 15 is 0 Å². The van der Waals surface area contributed by atoms with Gasteiger partial charge in [0, 0.05) is 31.7 Å². The summed E-state index contributed by atoms with van der Waals surface area (Å²) < 4.78 is 56.1. The molecule has 10 heteroatoms. The number of aromatic nitrogens is 1. The lowest BCUT2D eigenvalue weighted by atomic mass is 9.79. The van der Waals surface area contributed by atoms with Gasteiger partial charge in [-0.05, 0) is 68.4 Å². The lowest BCUT2D eigenvalue weighted by Crippen LogP contribution is -2.56. The van der Waals surface area contributed by atoms with Crippen LogP contribution in [0.3, 0.4) is 0 Å². The Balaban J connectivity index is 1.85. The second kappa shape index (κ2) is 11.3. The minimum absolute atomic E-state index is 0.0309.